The van der Waals surface area contributed by atoms with Crippen molar-refractivity contribution >= 4 is 135 Å². The van der Waals surface area contributed by atoms with Gasteiger partial charge >= 0.3 is 29.8 Å². The molecule has 1 fully saturated rings. The number of amides is 13. The Labute approximate surface area is 657 Å². The highest BCUT2D eigenvalue weighted by atomic mass is 16.5. The van der Waals surface area contributed by atoms with Crippen LogP contribution < -0.4 is 81.0 Å². The van der Waals surface area contributed by atoms with E-state index in [0.717, 1.165) is 46.5 Å². The zero-order valence-corrected chi connectivity index (χ0v) is 63.5. The van der Waals surface area contributed by atoms with E-state index in [4.69, 9.17) is 21.9 Å². The number of aliphatic hydroxyl groups is 1. The van der Waals surface area contributed by atoms with E-state index in [1.807, 2.05) is 16.0 Å². The van der Waals surface area contributed by atoms with Crippen molar-refractivity contribution in [3.63, 3.8) is 0 Å². The molecule has 1 aliphatic rings. The first-order valence-corrected chi connectivity index (χ1v) is 36.7. The van der Waals surface area contributed by atoms with Crippen molar-refractivity contribution < 1.29 is 126 Å². The minimum Gasteiger partial charge on any atom is -0.481 e. The highest BCUT2D eigenvalue weighted by molar-refractivity contribution is 6.05. The molecule has 1 saturated heterocycles. The summed E-state index contributed by atoms with van der Waals surface area (Å²) in [4.78, 5) is 276. The number of anilines is 1. The number of unbranched alkanes of at least 4 members (excludes halogenated alkanes) is 4. The van der Waals surface area contributed by atoms with Crippen LogP contribution in [0.1, 0.15) is 140 Å². The zero-order valence-electron chi connectivity index (χ0n) is 63.5. The van der Waals surface area contributed by atoms with Gasteiger partial charge in [0.05, 0.1) is 63.8 Å². The van der Waals surface area contributed by atoms with Crippen LogP contribution in [0.2, 0.25) is 0 Å². The number of aromatic amines is 1. The van der Waals surface area contributed by atoms with E-state index in [2.05, 4.69) is 59.8 Å². The summed E-state index contributed by atoms with van der Waals surface area (Å²) < 4.78 is 5.74. The van der Waals surface area contributed by atoms with E-state index in [1.54, 1.807) is 42.6 Å². The number of carbonyl (C=O) groups excluding carboxylic acids is 16. The van der Waals surface area contributed by atoms with Crippen molar-refractivity contribution in [2.75, 3.05) is 32.0 Å². The maximum absolute atomic E-state index is 14.9. The molecule has 42 heteroatoms. The number of aliphatic hydroxyl groups excluding tert-OH is 1. The summed E-state index contributed by atoms with van der Waals surface area (Å²) in [5, 5.41) is 76.7. The summed E-state index contributed by atoms with van der Waals surface area (Å²) in [5.74, 6) is -31.5. The van der Waals surface area contributed by atoms with Gasteiger partial charge < -0.3 is 116 Å². The van der Waals surface area contributed by atoms with Crippen LogP contribution in [-0.4, -0.2) is 241 Å². The number of nitrogen functional groups attached to an aromatic ring is 1. The summed E-state index contributed by atoms with van der Waals surface area (Å²) in [6.45, 7) is 1.22. The SMILES string of the molecule is CCCCCC/C=C/CC(=O)N[C@@H](Cc1c[nH]c2ccccc12)C(=O)N[C@@H](CC(N)=O)C(=O)N[C@@H](CC(=O)O)C(=O)C[C@@H]1C(=O)NCC(=O)N[C@@H](CCCN)C(=O)N[C@@H](CC(=O)O)C(=O)N[C@H](C)C(=O)N[C@@H](CC(=O)O)C(=O)NCC(=O)N[C@H](CO)C(=O)N[C@@H]([C@H](C)CC(=O)O)C(=O)N[C@@H](CC(=O)c2ccccc2N)C(=O)O[C@@H]1C. The Balaban J connectivity index is 1.88. The number of carboxylic acids is 4. The lowest BCUT2D eigenvalue weighted by Crippen LogP contribution is -2.60. The number of aromatic nitrogens is 1. The number of fused-ring (bicyclic) bond motifs is 1. The van der Waals surface area contributed by atoms with Gasteiger partial charge in [-0.2, -0.15) is 0 Å². The Morgan fingerprint density at radius 3 is 1.77 bits per heavy atom. The number of Topliss-reactive ketones (excluding diaryl/α,β-unsaturated/α-hetero) is 2. The molecule has 0 radical (unpaired) electrons. The van der Waals surface area contributed by atoms with Crippen LogP contribution in [0.4, 0.5) is 5.69 Å². The Kier molecular flexibility index (Phi) is 39.1. The molecule has 2 heterocycles. The van der Waals surface area contributed by atoms with Crippen LogP contribution in [0.3, 0.4) is 0 Å². The standard InChI is InChI=1S/C73H100N16O26/c1-5-6-7-8-9-10-11-22-56(94)82-47(25-39-32-77-44-20-15-13-17-40(39)44)69(110)86-48(28-55(76)93)70(111)84-46(29-60(99)100)54(92)26-42-38(4)115-73(114)51(27-53(91)41-18-12-14-19-43(41)75)88-72(113)63(36(2)24-59(97)98)89-71(112)52(35-90)83-58(96)34-79-66(107)49(30-61(101)102)85-64(105)37(3)80-68(109)50(31-62(103)104)87-67(108)45(21-16-23-74)81-57(95)33-78-65(42)106/h10-15,17-20,32,36-38,42,45-52,63,77,90H,5-9,16,21-31,33-35,74-75H2,1-4H3,(H2,76,93)(H,78,106)(H,79,107)(H,80,109)(H,81,95)(H,82,94)(H,83,96)(H,84,111)(H,85,105)(H,86,110)(H,87,108)(H,88,113)(H,89,112)(H,97,98)(H,99,100)(H,101,102)(H,103,104)/b11-10+/t36-,37-,38-,42+,45+,46+,47+,48+,49+,50+,51+,52-,63+/m1/s1. The molecular formula is C73H100N16O26. The number of ether oxygens (including phenoxy) is 1. The molecule has 0 unspecified atom stereocenters. The second-order valence-corrected chi connectivity index (χ2v) is 27.2. The molecule has 1 aromatic heterocycles. The van der Waals surface area contributed by atoms with Crippen LogP contribution in [0.15, 0.2) is 66.9 Å². The number of cyclic esters (lactones) is 1. The maximum atomic E-state index is 14.9. The first kappa shape index (κ1) is 94.6. The van der Waals surface area contributed by atoms with Crippen molar-refractivity contribution in [3.8, 4) is 0 Å². The highest BCUT2D eigenvalue weighted by Gasteiger charge is 2.41. The average molecular weight is 1620 g/mol. The third-order valence-electron chi connectivity index (χ3n) is 17.9. The number of hydrogen-bond acceptors (Lipinski definition) is 24. The average Bonchev–Trinajstić information content (AvgIpc) is 1.72. The Morgan fingerprint density at radius 1 is 0.574 bits per heavy atom. The molecule has 0 bridgehead atoms. The lowest BCUT2D eigenvalue weighted by molar-refractivity contribution is -0.158. The Bertz CT molecular complexity index is 4090. The first-order valence-electron chi connectivity index (χ1n) is 36.7. The maximum Gasteiger partial charge on any atom is 0.329 e. The zero-order chi connectivity index (χ0) is 85.8. The number of ketones is 2. The van der Waals surface area contributed by atoms with Gasteiger partial charge in [-0.15, -0.1) is 0 Å². The van der Waals surface area contributed by atoms with Crippen LogP contribution >= 0.6 is 0 Å². The first-order chi connectivity index (χ1) is 54.4. The minimum atomic E-state index is -2.31. The van der Waals surface area contributed by atoms with Gasteiger partial charge in [0, 0.05) is 54.0 Å². The number of nitrogens with two attached hydrogens (primary N) is 3. The molecule has 42 nitrogen and oxygen atoms in total. The van der Waals surface area contributed by atoms with Crippen molar-refractivity contribution in [2.24, 2.45) is 23.3 Å². The number of carbonyl (C=O) groups is 20. The van der Waals surface area contributed by atoms with E-state index in [1.165, 1.54) is 24.3 Å². The van der Waals surface area contributed by atoms with Gasteiger partial charge in [0.2, 0.25) is 76.8 Å². The molecule has 0 spiro atoms. The molecule has 628 valence electrons. The summed E-state index contributed by atoms with van der Waals surface area (Å²) in [7, 11) is 0. The van der Waals surface area contributed by atoms with E-state index in [-0.39, 0.29) is 43.5 Å². The molecule has 0 aliphatic carbocycles. The Hall–Kier alpha value is -12.8. The van der Waals surface area contributed by atoms with Gasteiger partial charge in [0.15, 0.2) is 11.6 Å². The fourth-order valence-corrected chi connectivity index (χ4v) is 11.7. The number of allylic oxidation sites excluding steroid dienone is 1. The predicted octanol–water partition coefficient (Wildman–Crippen LogP) is -4.76. The number of nitrogens with one attached hydrogen (secondary N) is 13. The van der Waals surface area contributed by atoms with E-state index < -0.39 is 261 Å². The normalized spacial score (nSPS) is 21.3. The number of H-pyrrole nitrogens is 1. The van der Waals surface area contributed by atoms with Crippen molar-refractivity contribution in [3.05, 3.63) is 78.0 Å². The van der Waals surface area contributed by atoms with E-state index in [0.29, 0.717) is 22.9 Å². The second-order valence-electron chi connectivity index (χ2n) is 27.2. The van der Waals surface area contributed by atoms with Gasteiger partial charge in [-0.25, -0.2) is 4.79 Å². The number of benzene rings is 2. The predicted molar refractivity (Wildman–Crippen MR) is 401 cm³/mol. The van der Waals surface area contributed by atoms with Crippen molar-refractivity contribution in [2.45, 2.75) is 197 Å². The van der Waals surface area contributed by atoms with Gasteiger partial charge in [0.25, 0.3) is 0 Å². The number of hydrogen-bond donors (Lipinski definition) is 21. The second kappa shape index (κ2) is 47.6. The molecule has 3 aromatic rings. The van der Waals surface area contributed by atoms with Crippen LogP contribution in [0.25, 0.3) is 10.9 Å². The number of primary amides is 1. The quantitative estimate of drug-likeness (QED) is 0.00864. The number of carboxylic acid groups (broad SMARTS) is 4. The largest absolute Gasteiger partial charge is 0.481 e. The fourth-order valence-electron chi connectivity index (χ4n) is 11.7. The Morgan fingerprint density at radius 2 is 1.15 bits per heavy atom. The molecule has 1 aliphatic heterocycles. The number of para-hydroxylation sites is 2. The molecule has 2 aromatic carbocycles. The van der Waals surface area contributed by atoms with Crippen LogP contribution in [0, 0.1) is 11.8 Å². The van der Waals surface area contributed by atoms with E-state index in [9.17, 15) is 121 Å². The van der Waals surface area contributed by atoms with Crippen molar-refractivity contribution in [1.29, 1.82) is 0 Å². The van der Waals surface area contributed by atoms with Crippen LogP contribution in [-0.2, 0) is 102 Å². The molecule has 0 saturated carbocycles. The van der Waals surface area contributed by atoms with Gasteiger partial charge in [0.1, 0.15) is 60.5 Å². The molecule has 13 amide bonds. The number of aliphatic carboxylic acids is 4. The highest BCUT2D eigenvalue weighted by Crippen LogP contribution is 2.23. The molecule has 115 heavy (non-hydrogen) atoms. The third-order valence-corrected chi connectivity index (χ3v) is 17.9. The summed E-state index contributed by atoms with van der Waals surface area (Å²) in [6, 6.07) is -7.92. The monoisotopic (exact) mass is 1620 g/mol. The number of rotatable bonds is 35. The van der Waals surface area contributed by atoms with Crippen molar-refractivity contribution in [1.82, 2.24) is 68.8 Å². The van der Waals surface area contributed by atoms with Gasteiger partial charge in [-0.05, 0) is 75.8 Å². The summed E-state index contributed by atoms with van der Waals surface area (Å²) >= 11 is 0. The third kappa shape index (κ3) is 32.5. The van der Waals surface area contributed by atoms with Gasteiger partial charge in [-0.3, -0.25) is 91.1 Å². The lowest BCUT2D eigenvalue weighted by Gasteiger charge is -2.29. The molecule has 24 N–H and O–H groups in total. The smallest absolute Gasteiger partial charge is 0.329 e. The lowest BCUT2D eigenvalue weighted by atomic mass is 9.91. The van der Waals surface area contributed by atoms with Gasteiger partial charge in [-0.1, -0.05) is 75.6 Å². The fraction of sp³-hybridized carbons (Fsp3) is 0.507. The minimum absolute atomic E-state index is 0.0855. The summed E-state index contributed by atoms with van der Waals surface area (Å²) in [5.41, 5.74) is 18.1. The van der Waals surface area contributed by atoms with Crippen LogP contribution in [0.5, 0.6) is 0 Å². The number of esters is 1. The molecule has 13 atom stereocenters. The van der Waals surface area contributed by atoms with E-state index >= 15 is 0 Å². The molecular weight excluding hydrogens is 1520 g/mol. The molecule has 4 rings (SSSR count). The summed E-state index contributed by atoms with van der Waals surface area (Å²) in [6.07, 6.45) is -1.72. The topological polar surface area (TPSA) is 690 Å².